The fourth-order valence-electron chi connectivity index (χ4n) is 5.47. The fourth-order valence-corrected chi connectivity index (χ4v) is 5.47. The van der Waals surface area contributed by atoms with Crippen LogP contribution in [0.3, 0.4) is 0 Å². The molecule has 0 radical (unpaired) electrons. The van der Waals surface area contributed by atoms with Crippen molar-refractivity contribution in [3.8, 4) is 0 Å². The van der Waals surface area contributed by atoms with E-state index in [1.165, 1.54) is 17.7 Å². The topological polar surface area (TPSA) is 55.8 Å². The van der Waals surface area contributed by atoms with E-state index in [0.717, 1.165) is 24.8 Å². The van der Waals surface area contributed by atoms with Gasteiger partial charge in [0.1, 0.15) is 11.9 Å². The SMILES string of the molecule is CC1C=C2C=C[C@@H](C)[C@@H](CC[C@@H]3C[C@@H](O)CC(=O)O3)[C@@H]2[C@H](OCc2ccc(F)cc2)C1. The number of carbonyl (C=O) groups excluding carboxylic acids is 1. The number of cyclic esters (lactones) is 1. The van der Waals surface area contributed by atoms with Crippen LogP contribution in [0.2, 0.25) is 0 Å². The van der Waals surface area contributed by atoms with Crippen molar-refractivity contribution < 1.29 is 23.8 Å². The average molecular weight is 429 g/mol. The van der Waals surface area contributed by atoms with Crippen LogP contribution in [-0.2, 0) is 20.9 Å². The monoisotopic (exact) mass is 428 g/mol. The van der Waals surface area contributed by atoms with Crippen molar-refractivity contribution in [2.75, 3.05) is 0 Å². The summed E-state index contributed by atoms with van der Waals surface area (Å²) in [5.41, 5.74) is 2.32. The second-order valence-corrected chi connectivity index (χ2v) is 9.55. The van der Waals surface area contributed by atoms with Crippen molar-refractivity contribution in [3.63, 3.8) is 0 Å². The number of fused-ring (bicyclic) bond motifs is 1. The molecular weight excluding hydrogens is 395 g/mol. The number of carbonyl (C=O) groups is 1. The van der Waals surface area contributed by atoms with Gasteiger partial charge in [-0.25, -0.2) is 4.39 Å². The standard InChI is InChI=1S/C26H33FO4/c1-16-11-19-6-3-17(2)23(10-9-22-13-21(28)14-25(29)31-22)26(19)24(12-16)30-15-18-4-7-20(27)8-5-18/h3-8,11,16-17,21-24,26,28H,9-10,12-15H2,1-2H3/t16?,17-,21-,22-,23-,24-,26-/m1/s1. The zero-order valence-electron chi connectivity index (χ0n) is 18.4. The number of esters is 1. The highest BCUT2D eigenvalue weighted by molar-refractivity contribution is 5.70. The molecule has 0 saturated carbocycles. The lowest BCUT2D eigenvalue weighted by atomic mass is 9.65. The Balaban J connectivity index is 1.46. The Labute approximate surface area is 184 Å². The Morgan fingerprint density at radius 3 is 2.68 bits per heavy atom. The molecule has 1 aromatic rings. The number of halogens is 1. The van der Waals surface area contributed by atoms with Crippen LogP contribution in [0, 0.1) is 29.5 Å². The van der Waals surface area contributed by atoms with Crippen LogP contribution >= 0.6 is 0 Å². The number of ether oxygens (including phenoxy) is 2. The first-order chi connectivity index (χ1) is 14.9. The van der Waals surface area contributed by atoms with Gasteiger partial charge in [0, 0.05) is 12.3 Å². The summed E-state index contributed by atoms with van der Waals surface area (Å²) in [6.07, 6.45) is 9.46. The highest BCUT2D eigenvalue weighted by Gasteiger charge is 2.40. The molecule has 2 aliphatic carbocycles. The van der Waals surface area contributed by atoms with Gasteiger partial charge in [-0.05, 0) is 60.3 Å². The first-order valence-electron chi connectivity index (χ1n) is 11.5. The number of aliphatic hydroxyl groups excluding tert-OH is 1. The Bertz CT molecular complexity index is 830. The molecule has 0 spiro atoms. The van der Waals surface area contributed by atoms with Gasteiger partial charge in [0.25, 0.3) is 0 Å². The first-order valence-corrected chi connectivity index (χ1v) is 11.5. The van der Waals surface area contributed by atoms with Crippen molar-refractivity contribution in [2.45, 2.75) is 70.9 Å². The van der Waals surface area contributed by atoms with Crippen LogP contribution < -0.4 is 0 Å². The van der Waals surface area contributed by atoms with E-state index < -0.39 is 6.10 Å². The predicted octanol–water partition coefficient (Wildman–Crippen LogP) is 4.96. The molecule has 4 nitrogen and oxygen atoms in total. The van der Waals surface area contributed by atoms with Crippen LogP contribution in [0.4, 0.5) is 4.39 Å². The number of hydrogen-bond acceptors (Lipinski definition) is 4. The molecule has 1 heterocycles. The summed E-state index contributed by atoms with van der Waals surface area (Å²) in [7, 11) is 0. The van der Waals surface area contributed by atoms with Gasteiger partial charge in [-0.1, -0.05) is 44.2 Å². The zero-order valence-corrected chi connectivity index (χ0v) is 18.4. The highest BCUT2D eigenvalue weighted by Crippen LogP contribution is 2.45. The first kappa shape index (κ1) is 22.2. The van der Waals surface area contributed by atoms with E-state index in [9.17, 15) is 14.3 Å². The molecule has 7 atom stereocenters. The third-order valence-corrected chi connectivity index (χ3v) is 7.03. The minimum atomic E-state index is -0.590. The molecule has 1 saturated heterocycles. The minimum absolute atomic E-state index is 0.0944. The van der Waals surface area contributed by atoms with Gasteiger partial charge in [-0.3, -0.25) is 4.79 Å². The minimum Gasteiger partial charge on any atom is -0.462 e. The summed E-state index contributed by atoms with van der Waals surface area (Å²) in [6.45, 7) is 4.94. The van der Waals surface area contributed by atoms with Crippen molar-refractivity contribution >= 4 is 5.97 Å². The Morgan fingerprint density at radius 1 is 1.16 bits per heavy atom. The normalized spacial score (nSPS) is 35.3. The maximum absolute atomic E-state index is 13.2. The molecule has 0 amide bonds. The molecule has 1 N–H and O–H groups in total. The zero-order chi connectivity index (χ0) is 22.0. The smallest absolute Gasteiger partial charge is 0.308 e. The van der Waals surface area contributed by atoms with Crippen molar-refractivity contribution in [3.05, 3.63) is 59.4 Å². The van der Waals surface area contributed by atoms with Crippen LogP contribution in [-0.4, -0.2) is 29.4 Å². The molecule has 0 aromatic heterocycles. The number of benzene rings is 1. The molecule has 31 heavy (non-hydrogen) atoms. The fraction of sp³-hybridized carbons (Fsp3) is 0.577. The number of rotatable bonds is 6. The summed E-state index contributed by atoms with van der Waals surface area (Å²) >= 11 is 0. The van der Waals surface area contributed by atoms with E-state index in [-0.39, 0.29) is 30.4 Å². The highest BCUT2D eigenvalue weighted by atomic mass is 19.1. The second-order valence-electron chi connectivity index (χ2n) is 9.55. The number of aliphatic hydroxyl groups is 1. The van der Waals surface area contributed by atoms with Crippen LogP contribution in [0.1, 0.15) is 51.5 Å². The van der Waals surface area contributed by atoms with Crippen LogP contribution in [0.25, 0.3) is 0 Å². The van der Waals surface area contributed by atoms with E-state index in [2.05, 4.69) is 32.1 Å². The quantitative estimate of drug-likeness (QED) is 0.651. The molecule has 1 aromatic carbocycles. The largest absolute Gasteiger partial charge is 0.462 e. The van der Waals surface area contributed by atoms with Gasteiger partial charge < -0.3 is 14.6 Å². The summed E-state index contributed by atoms with van der Waals surface area (Å²) in [5, 5.41) is 9.93. The van der Waals surface area contributed by atoms with Crippen LogP contribution in [0.15, 0.2) is 48.1 Å². The van der Waals surface area contributed by atoms with Crippen molar-refractivity contribution in [1.82, 2.24) is 0 Å². The lowest BCUT2D eigenvalue weighted by molar-refractivity contribution is -0.160. The molecular formula is C26H33FO4. The lowest BCUT2D eigenvalue weighted by Gasteiger charge is -2.43. The van der Waals surface area contributed by atoms with Crippen molar-refractivity contribution in [2.24, 2.45) is 23.7 Å². The Morgan fingerprint density at radius 2 is 1.94 bits per heavy atom. The summed E-state index contributed by atoms with van der Waals surface area (Å²) in [4.78, 5) is 11.7. The van der Waals surface area contributed by atoms with Gasteiger partial charge >= 0.3 is 5.97 Å². The molecule has 1 unspecified atom stereocenters. The lowest BCUT2D eigenvalue weighted by Crippen LogP contribution is -2.40. The molecule has 1 fully saturated rings. The Hall–Kier alpha value is -1.98. The Kier molecular flexibility index (Phi) is 6.92. The van der Waals surface area contributed by atoms with E-state index in [1.807, 2.05) is 0 Å². The maximum Gasteiger partial charge on any atom is 0.308 e. The molecule has 1 aliphatic heterocycles. The second kappa shape index (κ2) is 9.66. The van der Waals surface area contributed by atoms with Gasteiger partial charge in [0.05, 0.1) is 25.2 Å². The van der Waals surface area contributed by atoms with Crippen LogP contribution in [0.5, 0.6) is 0 Å². The van der Waals surface area contributed by atoms with E-state index in [0.29, 0.717) is 36.7 Å². The third-order valence-electron chi connectivity index (χ3n) is 7.03. The summed E-state index contributed by atoms with van der Waals surface area (Å²) < 4.78 is 25.1. The summed E-state index contributed by atoms with van der Waals surface area (Å²) in [5.74, 6) is 0.989. The summed E-state index contributed by atoms with van der Waals surface area (Å²) in [6, 6.07) is 6.51. The van der Waals surface area contributed by atoms with Gasteiger partial charge in [0.2, 0.25) is 0 Å². The third kappa shape index (κ3) is 5.45. The van der Waals surface area contributed by atoms with E-state index >= 15 is 0 Å². The van der Waals surface area contributed by atoms with Crippen molar-refractivity contribution in [1.29, 1.82) is 0 Å². The molecule has 3 aliphatic rings. The van der Waals surface area contributed by atoms with E-state index in [4.69, 9.17) is 9.47 Å². The number of hydrogen-bond donors (Lipinski definition) is 1. The van der Waals surface area contributed by atoms with Gasteiger partial charge in [-0.15, -0.1) is 0 Å². The van der Waals surface area contributed by atoms with Gasteiger partial charge in [0.15, 0.2) is 0 Å². The predicted molar refractivity (Wildman–Crippen MR) is 116 cm³/mol. The molecule has 168 valence electrons. The molecule has 4 rings (SSSR count). The van der Waals surface area contributed by atoms with E-state index in [1.54, 1.807) is 12.1 Å². The maximum atomic E-state index is 13.2. The average Bonchev–Trinajstić information content (AvgIpc) is 2.72. The van der Waals surface area contributed by atoms with Gasteiger partial charge in [-0.2, -0.15) is 0 Å². The molecule has 5 heteroatoms. The molecule has 0 bridgehead atoms. The number of allylic oxidation sites excluding steroid dienone is 3.